The van der Waals surface area contributed by atoms with E-state index < -0.39 is 11.9 Å². The Balaban J connectivity index is 1.03. The third kappa shape index (κ3) is 8.58. The summed E-state index contributed by atoms with van der Waals surface area (Å²) in [6.07, 6.45) is 0.411. The molecule has 0 aliphatic carbocycles. The van der Waals surface area contributed by atoms with Gasteiger partial charge in [-0.3, -0.25) is 0 Å². The summed E-state index contributed by atoms with van der Waals surface area (Å²) in [4.78, 5) is 27.9. The first kappa shape index (κ1) is 46.3. The maximum absolute atomic E-state index is 13.9. The van der Waals surface area contributed by atoms with Crippen molar-refractivity contribution in [3.05, 3.63) is 254 Å². The van der Waals surface area contributed by atoms with Gasteiger partial charge in [-0.2, -0.15) is 0 Å². The molecule has 12 aromatic carbocycles. The number of rotatable bonds is 14. The Morgan fingerprint density at radius 2 is 0.560 bits per heavy atom. The van der Waals surface area contributed by atoms with E-state index in [1.54, 1.807) is 0 Å². The highest BCUT2D eigenvalue weighted by Crippen LogP contribution is 2.52. The number of ether oxygens (including phenoxy) is 2. The Bertz CT molecular complexity index is 3860. The van der Waals surface area contributed by atoms with Gasteiger partial charge in [-0.05, 0) is 101 Å². The molecule has 6 heteroatoms. The molecular formula is C69H48O6. The van der Waals surface area contributed by atoms with Crippen LogP contribution in [0.2, 0.25) is 0 Å². The van der Waals surface area contributed by atoms with Gasteiger partial charge in [-0.15, -0.1) is 0 Å². The summed E-state index contributed by atoms with van der Waals surface area (Å²) in [6.45, 7) is 0.389. The van der Waals surface area contributed by atoms with E-state index in [2.05, 4.69) is 48.5 Å². The molecule has 0 spiro atoms. The maximum atomic E-state index is 13.9. The summed E-state index contributed by atoms with van der Waals surface area (Å²) in [7, 11) is 0. The summed E-state index contributed by atoms with van der Waals surface area (Å²) in [5.41, 5.74) is 9.20. The number of carboxylic acid groups (broad SMARTS) is 2. The Labute approximate surface area is 434 Å². The van der Waals surface area contributed by atoms with Gasteiger partial charge < -0.3 is 19.7 Å². The molecule has 0 aliphatic rings. The minimum Gasteiger partial charge on any atom is -0.492 e. The molecule has 0 amide bonds. The lowest BCUT2D eigenvalue weighted by Gasteiger charge is -2.24. The quantitative estimate of drug-likeness (QED) is 0.105. The molecule has 75 heavy (non-hydrogen) atoms. The summed E-state index contributed by atoms with van der Waals surface area (Å²) < 4.78 is 14.3. The number of carboxylic acids is 2. The highest BCUT2D eigenvalue weighted by molar-refractivity contribution is 6.20. The largest absolute Gasteiger partial charge is 0.492 e. The Morgan fingerprint density at radius 1 is 0.307 bits per heavy atom. The third-order valence-electron chi connectivity index (χ3n) is 14.2. The smallest absolute Gasteiger partial charge is 0.336 e. The fourth-order valence-corrected chi connectivity index (χ4v) is 10.9. The van der Waals surface area contributed by atoms with E-state index >= 15 is 0 Å². The van der Waals surface area contributed by atoms with Crippen molar-refractivity contribution in [1.82, 2.24) is 0 Å². The Hall–Kier alpha value is -9.78. The molecule has 0 radical (unpaired) electrons. The summed E-state index contributed by atoms with van der Waals surface area (Å²) in [6, 6.07) is 79.8. The van der Waals surface area contributed by atoms with E-state index in [-0.39, 0.29) is 24.3 Å². The van der Waals surface area contributed by atoms with E-state index in [0.29, 0.717) is 51.3 Å². The summed E-state index contributed by atoms with van der Waals surface area (Å²) >= 11 is 0. The van der Waals surface area contributed by atoms with Crippen molar-refractivity contribution in [3.8, 4) is 78.3 Å². The molecular weight excluding hydrogens is 925 g/mol. The molecule has 2 N–H and O–H groups in total. The van der Waals surface area contributed by atoms with Crippen molar-refractivity contribution in [2.75, 3.05) is 13.2 Å². The molecule has 0 heterocycles. The van der Waals surface area contributed by atoms with Gasteiger partial charge in [0.15, 0.2) is 0 Å². The van der Waals surface area contributed by atoms with Gasteiger partial charge in [0.25, 0.3) is 0 Å². The zero-order valence-electron chi connectivity index (χ0n) is 40.7. The highest BCUT2D eigenvalue weighted by atomic mass is 16.5. The van der Waals surface area contributed by atoms with Gasteiger partial charge in [0.05, 0.1) is 24.3 Å². The molecule has 0 fully saturated rings. The van der Waals surface area contributed by atoms with Crippen molar-refractivity contribution in [3.63, 3.8) is 0 Å². The van der Waals surface area contributed by atoms with Gasteiger partial charge in [0.1, 0.15) is 11.5 Å². The van der Waals surface area contributed by atoms with Crippen molar-refractivity contribution < 1.29 is 29.3 Å². The monoisotopic (exact) mass is 972 g/mol. The van der Waals surface area contributed by atoms with Gasteiger partial charge in [-0.1, -0.05) is 218 Å². The minimum absolute atomic E-state index is 0.185. The molecule has 0 unspecified atom stereocenters. The first-order valence-corrected chi connectivity index (χ1v) is 25.1. The first-order chi connectivity index (χ1) is 36.9. The highest BCUT2D eigenvalue weighted by Gasteiger charge is 2.30. The van der Waals surface area contributed by atoms with Gasteiger partial charge in [-0.25, -0.2) is 9.59 Å². The van der Waals surface area contributed by atoms with E-state index in [9.17, 15) is 19.8 Å². The zero-order valence-corrected chi connectivity index (χ0v) is 40.7. The normalized spacial score (nSPS) is 11.3. The van der Waals surface area contributed by atoms with Crippen LogP contribution in [0.25, 0.3) is 110 Å². The molecule has 0 aliphatic heterocycles. The predicted octanol–water partition coefficient (Wildman–Crippen LogP) is 17.5. The van der Waals surface area contributed by atoms with Crippen LogP contribution in [-0.2, 0) is 0 Å². The molecule has 12 aromatic rings. The van der Waals surface area contributed by atoms with Crippen LogP contribution in [0.4, 0.5) is 0 Å². The lowest BCUT2D eigenvalue weighted by molar-refractivity contribution is 0.0687. The third-order valence-corrected chi connectivity index (χ3v) is 14.2. The molecule has 6 nitrogen and oxygen atoms in total. The molecule has 0 aromatic heterocycles. The average Bonchev–Trinajstić information content (AvgIpc) is 3.46. The second-order valence-electron chi connectivity index (χ2n) is 18.6. The van der Waals surface area contributed by atoms with Crippen molar-refractivity contribution in [2.45, 2.75) is 6.42 Å². The van der Waals surface area contributed by atoms with Crippen molar-refractivity contribution >= 4 is 55.0 Å². The van der Waals surface area contributed by atoms with Crippen LogP contribution < -0.4 is 9.47 Å². The topological polar surface area (TPSA) is 93.1 Å². The summed E-state index contributed by atoms with van der Waals surface area (Å²) in [5, 5.41) is 29.8. The summed E-state index contributed by atoms with van der Waals surface area (Å²) in [5.74, 6) is -0.970. The van der Waals surface area contributed by atoms with Crippen molar-refractivity contribution in [2.24, 2.45) is 0 Å². The number of hydrogen-bond acceptors (Lipinski definition) is 4. The van der Waals surface area contributed by atoms with Crippen LogP contribution in [0, 0.1) is 0 Å². The van der Waals surface area contributed by atoms with Crippen LogP contribution in [-0.4, -0.2) is 35.4 Å². The minimum atomic E-state index is -1.04. The van der Waals surface area contributed by atoms with E-state index in [1.165, 1.54) is 0 Å². The number of aromatic carboxylic acids is 2. The second-order valence-corrected chi connectivity index (χ2v) is 18.6. The van der Waals surface area contributed by atoms with Crippen LogP contribution in [0.5, 0.6) is 11.5 Å². The average molecular weight is 973 g/mol. The van der Waals surface area contributed by atoms with Crippen LogP contribution in [0.15, 0.2) is 243 Å². The number of hydrogen-bond donors (Lipinski definition) is 2. The zero-order chi connectivity index (χ0) is 50.8. The number of carbonyl (C=O) groups is 2. The second kappa shape index (κ2) is 20.0. The molecule has 12 rings (SSSR count). The fraction of sp³-hybridized carbons (Fsp3) is 0.0435. The Morgan fingerprint density at radius 3 is 0.867 bits per heavy atom. The van der Waals surface area contributed by atoms with Crippen LogP contribution in [0.3, 0.4) is 0 Å². The van der Waals surface area contributed by atoms with E-state index in [1.807, 2.05) is 194 Å². The van der Waals surface area contributed by atoms with Gasteiger partial charge >= 0.3 is 11.9 Å². The standard InChI is InChI=1S/C69H48O6/c70-68(71)64-56(44-22-5-1-6-23-44)40-48-30-13-17-34-52(48)60(64)62-54-36-19-15-32-50(54)42-58(46-26-9-3-10-27-46)66(62)74-38-21-39-75-67-59(47-28-11-4-12-29-47)43-51-33-16-20-37-55(51)63(67)61-53-35-18-14-31-49(53)41-57(65(61)69(72)73)45-24-7-2-8-25-45/h1-20,22-37,40-43H,21,38-39H2,(H,70,71)(H,72,73). The maximum Gasteiger partial charge on any atom is 0.336 e. The first-order valence-electron chi connectivity index (χ1n) is 25.1. The molecule has 360 valence electrons. The van der Waals surface area contributed by atoms with Crippen molar-refractivity contribution in [1.29, 1.82) is 0 Å². The predicted molar refractivity (Wildman–Crippen MR) is 305 cm³/mol. The molecule has 0 bridgehead atoms. The lowest BCUT2D eigenvalue weighted by atomic mass is 9.83. The molecule has 0 saturated heterocycles. The molecule has 0 saturated carbocycles. The van der Waals surface area contributed by atoms with Gasteiger partial charge in [0.2, 0.25) is 0 Å². The number of fused-ring (bicyclic) bond motifs is 4. The Kier molecular flexibility index (Phi) is 12.4. The van der Waals surface area contributed by atoms with Crippen LogP contribution >= 0.6 is 0 Å². The lowest BCUT2D eigenvalue weighted by Crippen LogP contribution is -2.10. The van der Waals surface area contributed by atoms with E-state index in [4.69, 9.17) is 9.47 Å². The SMILES string of the molecule is O=C(O)c1c(-c2ccccc2)cc2ccccc2c1-c1c(OCCCOc2c(-c3ccccc3)cc3ccccc3c2-c2c(C(=O)O)c(-c3ccccc3)cc3ccccc23)c(-c2ccccc2)cc2ccccc12. The van der Waals surface area contributed by atoms with Crippen LogP contribution in [0.1, 0.15) is 27.1 Å². The fourth-order valence-electron chi connectivity index (χ4n) is 10.9. The molecule has 0 atom stereocenters. The van der Waals surface area contributed by atoms with Gasteiger partial charge in [0, 0.05) is 39.8 Å². The van der Waals surface area contributed by atoms with E-state index in [0.717, 1.165) is 76.5 Å². The number of benzene rings is 12.